The van der Waals surface area contributed by atoms with Gasteiger partial charge in [0.25, 0.3) is 0 Å². The van der Waals surface area contributed by atoms with E-state index in [1.54, 1.807) is 6.07 Å². The Bertz CT molecular complexity index is 1640. The monoisotopic (exact) mass is 529 g/mol. The van der Waals surface area contributed by atoms with Crippen molar-refractivity contribution in [2.24, 2.45) is 0 Å². The first-order valence-electron chi connectivity index (χ1n) is 13.7. The first kappa shape index (κ1) is 25.7. The van der Waals surface area contributed by atoms with Gasteiger partial charge in [0.2, 0.25) is 6.34 Å². The van der Waals surface area contributed by atoms with Crippen LogP contribution in [0.1, 0.15) is 48.5 Å². The molecule has 5 aromatic rings. The number of benzene rings is 5. The molecule has 198 valence electrons. The minimum Gasteiger partial charge on any atom is -0.222 e. The zero-order chi connectivity index (χ0) is 27.6. The molecule has 0 N–H and O–H groups in total. The summed E-state index contributed by atoms with van der Waals surface area (Å²) in [5, 5.41) is 0. The highest BCUT2D eigenvalue weighted by atomic mass is 19.1. The van der Waals surface area contributed by atoms with Gasteiger partial charge in [-0.1, -0.05) is 111 Å². The molecule has 0 aromatic heterocycles. The summed E-state index contributed by atoms with van der Waals surface area (Å²) in [6, 6.07) is 40.6. The van der Waals surface area contributed by atoms with Crippen molar-refractivity contribution in [2.75, 3.05) is 4.90 Å². The van der Waals surface area contributed by atoms with Crippen molar-refractivity contribution in [2.45, 2.75) is 31.8 Å². The molecule has 5 aromatic carbocycles. The first-order valence-corrected chi connectivity index (χ1v) is 13.7. The second kappa shape index (κ2) is 10.9. The van der Waals surface area contributed by atoms with Crippen LogP contribution in [0.2, 0.25) is 0 Å². The van der Waals surface area contributed by atoms with Crippen LogP contribution in [0.5, 0.6) is 0 Å². The zero-order valence-corrected chi connectivity index (χ0v) is 22.6. The number of nitrogens with zero attached hydrogens (tertiary/aromatic N) is 2. The van der Waals surface area contributed by atoms with Crippen molar-refractivity contribution in [3.8, 4) is 11.1 Å². The van der Waals surface area contributed by atoms with Crippen LogP contribution in [0.4, 0.5) is 20.2 Å². The fraction of sp³-hybridized carbons (Fsp3) is 0.139. The third-order valence-electron chi connectivity index (χ3n) is 7.68. The van der Waals surface area contributed by atoms with Crippen molar-refractivity contribution >= 4 is 17.7 Å². The number of rotatable bonds is 6. The Morgan fingerprint density at radius 2 is 1.20 bits per heavy atom. The molecule has 0 amide bonds. The second-order valence-electron chi connectivity index (χ2n) is 10.5. The highest BCUT2D eigenvalue weighted by molar-refractivity contribution is 5.90. The van der Waals surface area contributed by atoms with E-state index >= 15 is 8.78 Å². The van der Waals surface area contributed by atoms with E-state index in [9.17, 15) is 0 Å². The summed E-state index contributed by atoms with van der Waals surface area (Å²) in [4.78, 5) is 2.19. The number of anilines is 1. The normalized spacial score (nSPS) is 16.8. The molecule has 0 radical (unpaired) electrons. The quantitative estimate of drug-likeness (QED) is 0.199. The number of para-hydroxylation sites is 2. The molecule has 0 bridgehead atoms. The van der Waals surface area contributed by atoms with Gasteiger partial charge >= 0.3 is 0 Å². The molecule has 1 aliphatic rings. The molecule has 1 aliphatic heterocycles. The third-order valence-corrected chi connectivity index (χ3v) is 7.68. The van der Waals surface area contributed by atoms with E-state index in [2.05, 4.69) is 90.3 Å². The van der Waals surface area contributed by atoms with Gasteiger partial charge in [-0.15, -0.1) is 0 Å². The maximum absolute atomic E-state index is 15.2. The summed E-state index contributed by atoms with van der Waals surface area (Å²) in [7, 11) is 0. The van der Waals surface area contributed by atoms with E-state index < -0.39 is 11.6 Å². The highest BCUT2D eigenvalue weighted by Gasteiger charge is 2.47. The average molecular weight is 530 g/mol. The maximum Gasteiger partial charge on any atom is 0.245 e. The van der Waals surface area contributed by atoms with E-state index in [0.29, 0.717) is 11.5 Å². The number of hydrogen-bond acceptors (Lipinski definition) is 1. The van der Waals surface area contributed by atoms with Crippen molar-refractivity contribution in [3.05, 3.63) is 156 Å². The van der Waals surface area contributed by atoms with Crippen LogP contribution in [0, 0.1) is 11.6 Å². The fourth-order valence-electron chi connectivity index (χ4n) is 5.87. The van der Waals surface area contributed by atoms with E-state index in [1.165, 1.54) is 23.8 Å². The summed E-state index contributed by atoms with van der Waals surface area (Å²) in [5.74, 6) is -0.848. The predicted octanol–water partition coefficient (Wildman–Crippen LogP) is 9.43. The minimum absolute atomic E-state index is 0.0180. The van der Waals surface area contributed by atoms with Crippen LogP contribution in [-0.4, -0.2) is 10.9 Å². The second-order valence-corrected chi connectivity index (χ2v) is 10.5. The van der Waals surface area contributed by atoms with Gasteiger partial charge in [-0.05, 0) is 36.2 Å². The molecule has 0 spiro atoms. The molecule has 0 aliphatic carbocycles. The molecule has 2 nitrogen and oxygen atoms in total. The van der Waals surface area contributed by atoms with Crippen LogP contribution < -0.4 is 4.90 Å². The molecule has 0 unspecified atom stereocenters. The van der Waals surface area contributed by atoms with Gasteiger partial charge in [0, 0.05) is 22.3 Å². The summed E-state index contributed by atoms with van der Waals surface area (Å²) >= 11 is 0. The largest absolute Gasteiger partial charge is 0.245 e. The van der Waals surface area contributed by atoms with Gasteiger partial charge in [0.05, 0.1) is 5.56 Å². The molecular formula is C36H31F2N2+. The molecular weight excluding hydrogens is 498 g/mol. The molecule has 0 saturated heterocycles. The first-order chi connectivity index (χ1) is 19.5. The number of halogens is 2. The Hall–Kier alpha value is -4.57. The highest BCUT2D eigenvalue weighted by Crippen LogP contribution is 2.48. The molecule has 40 heavy (non-hydrogen) atoms. The van der Waals surface area contributed by atoms with Crippen LogP contribution in [-0.2, 0) is 0 Å². The Morgan fingerprint density at radius 3 is 1.88 bits per heavy atom. The molecule has 0 saturated carbocycles. The van der Waals surface area contributed by atoms with Crippen LogP contribution in [0.25, 0.3) is 11.1 Å². The topological polar surface area (TPSA) is 6.25 Å². The standard InChI is InChI=1S/C36H31F2N2/c1-25(2)28-18-9-11-22-32(28)39-24-40(33-23-12-10-19-29(33)34-30(37)20-13-21-31(34)38)36(27-16-7-4-8-17-27)35(39)26-14-5-3-6-15-26/h3-25,35-36H,1-2H3/q+1/t35-,36-/m1/s1. The Balaban J connectivity index is 1.64. The van der Waals surface area contributed by atoms with Gasteiger partial charge in [-0.25, -0.2) is 18.3 Å². The van der Waals surface area contributed by atoms with Gasteiger partial charge in [0.15, 0.2) is 12.1 Å². The SMILES string of the molecule is CC(C)c1ccccc1[N+]1=CN(c2ccccc2-c2c(F)cccc2F)[C@H](c2ccccc2)[C@H]1c1ccccc1. The molecule has 2 atom stereocenters. The van der Waals surface area contributed by atoms with Crippen molar-refractivity contribution in [1.29, 1.82) is 0 Å². The summed E-state index contributed by atoms with van der Waals surface area (Å²) < 4.78 is 32.7. The Labute approximate surface area is 234 Å². The van der Waals surface area contributed by atoms with Gasteiger partial charge in [-0.2, -0.15) is 0 Å². The lowest BCUT2D eigenvalue weighted by atomic mass is 9.91. The Kier molecular flexibility index (Phi) is 7.00. The Morgan fingerprint density at radius 1 is 0.625 bits per heavy atom. The van der Waals surface area contributed by atoms with Crippen LogP contribution in [0.15, 0.2) is 127 Å². The summed E-state index contributed by atoms with van der Waals surface area (Å²) in [6.45, 7) is 4.41. The predicted molar refractivity (Wildman–Crippen MR) is 159 cm³/mol. The van der Waals surface area contributed by atoms with Gasteiger partial charge in [-0.3, -0.25) is 0 Å². The van der Waals surface area contributed by atoms with Gasteiger partial charge < -0.3 is 0 Å². The van der Waals surface area contributed by atoms with Crippen molar-refractivity contribution < 1.29 is 13.4 Å². The van der Waals surface area contributed by atoms with E-state index in [1.807, 2.05) is 42.5 Å². The van der Waals surface area contributed by atoms with E-state index in [-0.39, 0.29) is 17.6 Å². The van der Waals surface area contributed by atoms with Crippen LogP contribution >= 0.6 is 0 Å². The third kappa shape index (κ3) is 4.60. The van der Waals surface area contributed by atoms with Crippen molar-refractivity contribution in [3.63, 3.8) is 0 Å². The van der Waals surface area contributed by atoms with Gasteiger partial charge in [0.1, 0.15) is 23.0 Å². The summed E-state index contributed by atoms with van der Waals surface area (Å²) in [5.41, 5.74) is 5.86. The number of hydrogen-bond donors (Lipinski definition) is 0. The smallest absolute Gasteiger partial charge is 0.222 e. The fourth-order valence-corrected chi connectivity index (χ4v) is 5.87. The lowest BCUT2D eigenvalue weighted by molar-refractivity contribution is -0.482. The lowest BCUT2D eigenvalue weighted by Crippen LogP contribution is -2.26. The van der Waals surface area contributed by atoms with Crippen LogP contribution in [0.3, 0.4) is 0 Å². The van der Waals surface area contributed by atoms with E-state index in [0.717, 1.165) is 22.5 Å². The van der Waals surface area contributed by atoms with E-state index in [4.69, 9.17) is 0 Å². The average Bonchev–Trinajstić information content (AvgIpc) is 3.39. The lowest BCUT2D eigenvalue weighted by Gasteiger charge is -2.26. The maximum atomic E-state index is 15.2. The molecule has 6 rings (SSSR count). The zero-order valence-electron chi connectivity index (χ0n) is 22.6. The molecule has 4 heteroatoms. The van der Waals surface area contributed by atoms with Crippen molar-refractivity contribution in [1.82, 2.24) is 0 Å². The summed E-state index contributed by atoms with van der Waals surface area (Å²) in [6.07, 6.45) is 2.12. The molecule has 0 fully saturated rings. The minimum atomic E-state index is -0.579. The molecule has 1 heterocycles.